The highest BCUT2D eigenvalue weighted by Crippen LogP contribution is 2.49. The Morgan fingerprint density at radius 1 is 0.442 bits per heavy atom. The zero-order valence-corrected chi connectivity index (χ0v) is 25.6. The van der Waals surface area contributed by atoms with Gasteiger partial charge < -0.3 is 4.90 Å². The van der Waals surface area contributed by atoms with Crippen molar-refractivity contribution >= 4 is 27.8 Å². The summed E-state index contributed by atoms with van der Waals surface area (Å²) in [5.74, 6) is 0. The molecule has 43 heavy (non-hydrogen) atoms. The van der Waals surface area contributed by atoms with Crippen molar-refractivity contribution in [3.63, 3.8) is 0 Å². The van der Waals surface area contributed by atoms with Crippen LogP contribution in [0.2, 0.25) is 0 Å². The molecule has 0 bridgehead atoms. The minimum absolute atomic E-state index is 0.161. The Bertz CT molecular complexity index is 1830. The molecule has 0 N–H and O–H groups in total. The second kappa shape index (κ2) is 10.6. The molecule has 1 aliphatic carbocycles. The first-order valence-corrected chi connectivity index (χ1v) is 15.5. The monoisotopic (exact) mass is 557 g/mol. The van der Waals surface area contributed by atoms with Crippen molar-refractivity contribution in [1.29, 1.82) is 0 Å². The van der Waals surface area contributed by atoms with Gasteiger partial charge in [-0.25, -0.2) is 0 Å². The highest BCUT2D eigenvalue weighted by molar-refractivity contribution is 5.96. The number of rotatable bonds is 5. The highest BCUT2D eigenvalue weighted by Gasteiger charge is 2.37. The zero-order chi connectivity index (χ0) is 29.6. The van der Waals surface area contributed by atoms with Crippen molar-refractivity contribution in [3.05, 3.63) is 151 Å². The Morgan fingerprint density at radius 3 is 1.40 bits per heavy atom. The first-order valence-electron chi connectivity index (χ1n) is 15.5. The third-order valence-corrected chi connectivity index (χ3v) is 9.51. The molecular weight excluding hydrogens is 518 g/mol. The summed E-state index contributed by atoms with van der Waals surface area (Å²) in [6.07, 6.45) is 2.43. The van der Waals surface area contributed by atoms with E-state index >= 15 is 0 Å². The smallest absolute Gasteiger partial charge is 0.0540 e. The molecular formula is C42H39N. The lowest BCUT2D eigenvalue weighted by atomic mass is 9.63. The van der Waals surface area contributed by atoms with Gasteiger partial charge in [0.1, 0.15) is 0 Å². The fourth-order valence-electron chi connectivity index (χ4n) is 6.91. The molecule has 6 aromatic rings. The largest absolute Gasteiger partial charge is 0.309 e. The number of hydrogen-bond donors (Lipinski definition) is 0. The predicted octanol–water partition coefficient (Wildman–Crippen LogP) is 12.0. The van der Waals surface area contributed by atoms with Crippen LogP contribution in [0.5, 0.6) is 0 Å². The van der Waals surface area contributed by atoms with Crippen LogP contribution < -0.4 is 4.90 Å². The molecule has 1 nitrogen and oxygen atoms in total. The SMILES string of the molecule is CC1(C)CCC(C)(C)c2cc3cc(N(c4ccccc4-c4ccccc4)c4ccccc4-c4ccccc4)ccc3cc21. The molecule has 0 radical (unpaired) electrons. The van der Waals surface area contributed by atoms with E-state index in [0.717, 1.165) is 17.1 Å². The summed E-state index contributed by atoms with van der Waals surface area (Å²) in [5.41, 5.74) is 11.7. The molecule has 0 spiro atoms. The van der Waals surface area contributed by atoms with Gasteiger partial charge in [0.2, 0.25) is 0 Å². The molecule has 0 saturated carbocycles. The third kappa shape index (κ3) is 4.93. The minimum atomic E-state index is 0.161. The van der Waals surface area contributed by atoms with E-state index in [1.165, 1.54) is 57.0 Å². The summed E-state index contributed by atoms with van der Waals surface area (Å²) in [4.78, 5) is 2.46. The van der Waals surface area contributed by atoms with Crippen LogP contribution in [0.15, 0.2) is 140 Å². The van der Waals surface area contributed by atoms with Crippen molar-refractivity contribution < 1.29 is 0 Å². The standard InChI is InChI=1S/C42H39N/c1-41(2)25-26-42(3,4)38-29-33-27-34(24-23-32(33)28-37(38)41)43(39-21-13-11-19-35(39)30-15-7-5-8-16-30)40-22-14-12-20-36(40)31-17-9-6-10-18-31/h5-24,27-29H,25-26H2,1-4H3. The van der Waals surface area contributed by atoms with Crippen LogP contribution in [0.4, 0.5) is 17.1 Å². The van der Waals surface area contributed by atoms with Gasteiger partial charge in [-0.05, 0) is 81.0 Å². The Balaban J connectivity index is 1.49. The van der Waals surface area contributed by atoms with E-state index < -0.39 is 0 Å². The number of fused-ring (bicyclic) bond motifs is 2. The molecule has 1 aliphatic rings. The van der Waals surface area contributed by atoms with Gasteiger partial charge in [0.05, 0.1) is 11.4 Å². The average molecular weight is 558 g/mol. The first-order chi connectivity index (χ1) is 20.8. The van der Waals surface area contributed by atoms with Gasteiger partial charge in [0, 0.05) is 16.8 Å². The molecule has 0 fully saturated rings. The van der Waals surface area contributed by atoms with Crippen LogP contribution in [0, 0.1) is 0 Å². The van der Waals surface area contributed by atoms with Gasteiger partial charge in [0.15, 0.2) is 0 Å². The lowest BCUT2D eigenvalue weighted by Crippen LogP contribution is -2.33. The van der Waals surface area contributed by atoms with E-state index in [1.807, 2.05) is 0 Å². The molecule has 1 heteroatoms. The first kappa shape index (κ1) is 27.2. The molecule has 0 unspecified atom stereocenters. The lowest BCUT2D eigenvalue weighted by molar-refractivity contribution is 0.332. The van der Waals surface area contributed by atoms with Gasteiger partial charge in [-0.1, -0.05) is 143 Å². The summed E-state index contributed by atoms with van der Waals surface area (Å²) in [7, 11) is 0. The van der Waals surface area contributed by atoms with Gasteiger partial charge in [-0.15, -0.1) is 0 Å². The van der Waals surface area contributed by atoms with Crippen LogP contribution >= 0.6 is 0 Å². The maximum absolute atomic E-state index is 2.49. The summed E-state index contributed by atoms with van der Waals surface area (Å²) >= 11 is 0. The molecule has 0 aliphatic heterocycles. The third-order valence-electron chi connectivity index (χ3n) is 9.51. The van der Waals surface area contributed by atoms with Crippen molar-refractivity contribution in [2.24, 2.45) is 0 Å². The Kier molecular flexibility index (Phi) is 6.70. The molecule has 0 amide bonds. The normalized spacial score (nSPS) is 15.2. The second-order valence-electron chi connectivity index (χ2n) is 13.3. The van der Waals surface area contributed by atoms with Crippen LogP contribution in [-0.4, -0.2) is 0 Å². The molecule has 0 atom stereocenters. The quantitative estimate of drug-likeness (QED) is 0.204. The van der Waals surface area contributed by atoms with E-state index in [4.69, 9.17) is 0 Å². The summed E-state index contributed by atoms with van der Waals surface area (Å²) in [5, 5.41) is 2.60. The van der Waals surface area contributed by atoms with Gasteiger partial charge in [0.25, 0.3) is 0 Å². The Labute approximate surface area is 256 Å². The van der Waals surface area contributed by atoms with E-state index in [2.05, 4.69) is 172 Å². The highest BCUT2D eigenvalue weighted by atomic mass is 15.1. The second-order valence-corrected chi connectivity index (χ2v) is 13.3. The van der Waals surface area contributed by atoms with Crippen molar-refractivity contribution in [2.75, 3.05) is 4.90 Å². The summed E-state index contributed by atoms with van der Waals surface area (Å²) in [6, 6.07) is 51.0. The number of nitrogens with zero attached hydrogens (tertiary/aromatic N) is 1. The van der Waals surface area contributed by atoms with E-state index in [0.29, 0.717) is 0 Å². The maximum Gasteiger partial charge on any atom is 0.0540 e. The zero-order valence-electron chi connectivity index (χ0n) is 25.6. The van der Waals surface area contributed by atoms with Crippen LogP contribution in [-0.2, 0) is 10.8 Å². The molecule has 0 saturated heterocycles. The van der Waals surface area contributed by atoms with Crippen molar-refractivity contribution in [1.82, 2.24) is 0 Å². The van der Waals surface area contributed by atoms with Gasteiger partial charge in [-0.3, -0.25) is 0 Å². The van der Waals surface area contributed by atoms with Gasteiger partial charge >= 0.3 is 0 Å². The number of anilines is 3. The molecule has 6 aromatic carbocycles. The minimum Gasteiger partial charge on any atom is -0.309 e. The number of para-hydroxylation sites is 2. The average Bonchev–Trinajstić information content (AvgIpc) is 3.04. The Morgan fingerprint density at radius 2 is 0.884 bits per heavy atom. The predicted molar refractivity (Wildman–Crippen MR) is 185 cm³/mol. The van der Waals surface area contributed by atoms with Crippen LogP contribution in [0.25, 0.3) is 33.0 Å². The maximum atomic E-state index is 2.49. The molecule has 0 heterocycles. The van der Waals surface area contributed by atoms with Gasteiger partial charge in [-0.2, -0.15) is 0 Å². The summed E-state index contributed by atoms with van der Waals surface area (Å²) in [6.45, 7) is 9.64. The lowest BCUT2D eigenvalue weighted by Gasteiger charge is -2.42. The topological polar surface area (TPSA) is 3.24 Å². The van der Waals surface area contributed by atoms with E-state index in [-0.39, 0.29) is 10.8 Å². The number of hydrogen-bond acceptors (Lipinski definition) is 1. The Hall–Kier alpha value is -4.62. The van der Waals surface area contributed by atoms with E-state index in [1.54, 1.807) is 0 Å². The van der Waals surface area contributed by atoms with Crippen molar-refractivity contribution in [3.8, 4) is 22.3 Å². The summed E-state index contributed by atoms with van der Waals surface area (Å²) < 4.78 is 0. The molecule has 212 valence electrons. The number of benzene rings is 6. The van der Waals surface area contributed by atoms with Crippen LogP contribution in [0.3, 0.4) is 0 Å². The fraction of sp³-hybridized carbons (Fsp3) is 0.190. The molecule has 7 rings (SSSR count). The molecule has 0 aromatic heterocycles. The van der Waals surface area contributed by atoms with E-state index in [9.17, 15) is 0 Å². The van der Waals surface area contributed by atoms with Crippen LogP contribution in [0.1, 0.15) is 51.7 Å². The van der Waals surface area contributed by atoms with Crippen molar-refractivity contribution in [2.45, 2.75) is 51.4 Å². The fourth-order valence-corrected chi connectivity index (χ4v) is 6.91.